The van der Waals surface area contributed by atoms with Crippen LogP contribution in [-0.4, -0.2) is 14.5 Å². The Labute approximate surface area is 215 Å². The summed E-state index contributed by atoms with van der Waals surface area (Å²) in [4.78, 5) is 9.54. The Hall–Kier alpha value is -5.02. The average molecular weight is 474 g/mol. The fraction of sp³-hybridized carbons (Fsp3) is 0. The second-order valence-electron chi connectivity index (χ2n) is 9.13. The van der Waals surface area contributed by atoms with Crippen LogP contribution in [0.1, 0.15) is 0 Å². The lowest BCUT2D eigenvalue weighted by atomic mass is 10.0. The van der Waals surface area contributed by atoms with Gasteiger partial charge in [0.2, 0.25) is 0 Å². The van der Waals surface area contributed by atoms with Gasteiger partial charge in [0.05, 0.1) is 11.0 Å². The second-order valence-corrected chi connectivity index (χ2v) is 9.13. The minimum atomic E-state index is 0.721. The summed E-state index contributed by atoms with van der Waals surface area (Å²) >= 11 is 0. The van der Waals surface area contributed by atoms with Crippen molar-refractivity contribution >= 4 is 21.8 Å². The van der Waals surface area contributed by atoms with Crippen LogP contribution < -0.4 is 0 Å². The number of benzene rings is 5. The van der Waals surface area contributed by atoms with E-state index in [1.54, 1.807) is 0 Å². The molecule has 2 heterocycles. The van der Waals surface area contributed by atoms with Crippen LogP contribution in [0.15, 0.2) is 140 Å². The summed E-state index contributed by atoms with van der Waals surface area (Å²) in [5, 5.41) is 2.46. The van der Waals surface area contributed by atoms with Gasteiger partial charge in [0.1, 0.15) is 0 Å². The molecule has 7 aromatic rings. The summed E-state index contributed by atoms with van der Waals surface area (Å²) in [5.74, 6) is 0.721. The molecule has 0 fully saturated rings. The van der Waals surface area contributed by atoms with Crippen LogP contribution in [0.3, 0.4) is 0 Å². The zero-order chi connectivity index (χ0) is 24.6. The van der Waals surface area contributed by atoms with E-state index in [0.29, 0.717) is 0 Å². The van der Waals surface area contributed by atoms with E-state index in [9.17, 15) is 0 Å². The largest absolute Gasteiger partial charge is 0.309 e. The summed E-state index contributed by atoms with van der Waals surface area (Å²) in [6.45, 7) is 0. The maximum Gasteiger partial charge on any atom is 0.159 e. The summed E-state index contributed by atoms with van der Waals surface area (Å²) in [7, 11) is 0. The van der Waals surface area contributed by atoms with Gasteiger partial charge in [-0.3, -0.25) is 0 Å². The predicted octanol–water partition coefficient (Wildman–Crippen LogP) is 8.57. The number of aromatic nitrogens is 3. The van der Waals surface area contributed by atoms with Crippen molar-refractivity contribution in [1.29, 1.82) is 0 Å². The first kappa shape index (κ1) is 21.3. The molecule has 37 heavy (non-hydrogen) atoms. The van der Waals surface area contributed by atoms with E-state index in [0.717, 1.165) is 28.2 Å². The fourth-order valence-corrected chi connectivity index (χ4v) is 5.16. The molecule has 0 N–H and O–H groups in total. The monoisotopic (exact) mass is 473 g/mol. The summed E-state index contributed by atoms with van der Waals surface area (Å²) in [6.07, 6.45) is 3.88. The quantitative estimate of drug-likeness (QED) is 0.256. The first-order valence-corrected chi connectivity index (χ1v) is 12.4. The molecule has 0 amide bonds. The van der Waals surface area contributed by atoms with Crippen LogP contribution in [0, 0.1) is 0 Å². The van der Waals surface area contributed by atoms with E-state index in [1.165, 1.54) is 32.9 Å². The van der Waals surface area contributed by atoms with Gasteiger partial charge in [-0.2, -0.15) is 0 Å². The summed E-state index contributed by atoms with van der Waals surface area (Å²) in [6, 6.07) is 44.4. The molecular formula is C34H23N3. The highest BCUT2D eigenvalue weighted by Crippen LogP contribution is 2.37. The Morgan fingerprint density at radius 2 is 1.03 bits per heavy atom. The Balaban J connectivity index is 1.33. The molecule has 0 aliphatic rings. The SMILES string of the molecule is c1ccc(-c2ccc(-c3ncc(-c4cccc5c6ccccc6n(-c6ccccc6)c45)cn3)cc2)cc1. The smallest absolute Gasteiger partial charge is 0.159 e. The van der Waals surface area contributed by atoms with E-state index in [1.807, 2.05) is 18.5 Å². The van der Waals surface area contributed by atoms with Gasteiger partial charge in [-0.1, -0.05) is 109 Å². The molecule has 3 heteroatoms. The fourth-order valence-electron chi connectivity index (χ4n) is 5.16. The zero-order valence-electron chi connectivity index (χ0n) is 20.1. The highest BCUT2D eigenvalue weighted by molar-refractivity contribution is 6.13. The molecule has 2 aromatic heterocycles. The molecule has 0 saturated carbocycles. The molecule has 3 nitrogen and oxygen atoms in total. The number of fused-ring (bicyclic) bond motifs is 3. The lowest BCUT2D eigenvalue weighted by Gasteiger charge is -2.11. The van der Waals surface area contributed by atoms with Crippen molar-refractivity contribution in [2.45, 2.75) is 0 Å². The maximum atomic E-state index is 4.77. The molecule has 0 unspecified atom stereocenters. The van der Waals surface area contributed by atoms with Crippen molar-refractivity contribution in [3.05, 3.63) is 140 Å². The Bertz CT molecular complexity index is 1830. The normalized spacial score (nSPS) is 11.2. The highest BCUT2D eigenvalue weighted by Gasteiger charge is 2.16. The zero-order valence-corrected chi connectivity index (χ0v) is 20.1. The maximum absolute atomic E-state index is 4.77. The molecule has 5 aromatic carbocycles. The number of para-hydroxylation sites is 3. The third-order valence-corrected chi connectivity index (χ3v) is 6.92. The number of rotatable bonds is 4. The second kappa shape index (κ2) is 8.89. The van der Waals surface area contributed by atoms with Gasteiger partial charge in [0.25, 0.3) is 0 Å². The van der Waals surface area contributed by atoms with Crippen molar-refractivity contribution < 1.29 is 0 Å². The van der Waals surface area contributed by atoms with Gasteiger partial charge in [0.15, 0.2) is 5.82 Å². The van der Waals surface area contributed by atoms with Gasteiger partial charge >= 0.3 is 0 Å². The van der Waals surface area contributed by atoms with Gasteiger partial charge in [-0.15, -0.1) is 0 Å². The first-order valence-electron chi connectivity index (χ1n) is 12.4. The molecule has 0 aliphatic carbocycles. The van der Waals surface area contributed by atoms with Crippen LogP contribution >= 0.6 is 0 Å². The van der Waals surface area contributed by atoms with E-state index < -0.39 is 0 Å². The highest BCUT2D eigenvalue weighted by atomic mass is 15.0. The third kappa shape index (κ3) is 3.69. The van der Waals surface area contributed by atoms with E-state index in [2.05, 4.69) is 126 Å². The molecule has 0 atom stereocenters. The van der Waals surface area contributed by atoms with Gasteiger partial charge < -0.3 is 4.57 Å². The molecule has 0 radical (unpaired) electrons. The minimum Gasteiger partial charge on any atom is -0.309 e. The molecule has 0 saturated heterocycles. The van der Waals surface area contributed by atoms with Crippen molar-refractivity contribution in [2.75, 3.05) is 0 Å². The Morgan fingerprint density at radius 1 is 0.432 bits per heavy atom. The average Bonchev–Trinajstić information content (AvgIpc) is 3.33. The van der Waals surface area contributed by atoms with Crippen molar-refractivity contribution in [2.24, 2.45) is 0 Å². The van der Waals surface area contributed by atoms with E-state index in [4.69, 9.17) is 9.97 Å². The van der Waals surface area contributed by atoms with Gasteiger partial charge in [-0.25, -0.2) is 9.97 Å². The van der Waals surface area contributed by atoms with Crippen LogP contribution in [0.5, 0.6) is 0 Å². The predicted molar refractivity (Wildman–Crippen MR) is 153 cm³/mol. The number of nitrogens with zero attached hydrogens (tertiary/aromatic N) is 3. The summed E-state index contributed by atoms with van der Waals surface area (Å²) in [5.41, 5.74) is 8.98. The molecule has 174 valence electrons. The lowest BCUT2D eigenvalue weighted by Crippen LogP contribution is -1.96. The number of hydrogen-bond acceptors (Lipinski definition) is 2. The number of hydrogen-bond donors (Lipinski definition) is 0. The first-order chi connectivity index (χ1) is 18.4. The Morgan fingerprint density at radius 3 is 1.78 bits per heavy atom. The molecule has 0 spiro atoms. The standard InChI is InChI=1S/C34H23N3/c1-3-10-24(11-4-1)25-18-20-26(21-19-25)34-35-22-27(23-36-34)29-15-9-16-31-30-14-7-8-17-32(30)37(33(29)31)28-12-5-2-6-13-28/h1-23H. The molecular weight excluding hydrogens is 450 g/mol. The van der Waals surface area contributed by atoms with Crippen LogP contribution in [0.2, 0.25) is 0 Å². The van der Waals surface area contributed by atoms with Crippen LogP contribution in [0.25, 0.3) is 61.1 Å². The van der Waals surface area contributed by atoms with Crippen LogP contribution in [-0.2, 0) is 0 Å². The van der Waals surface area contributed by atoms with Gasteiger partial charge in [0, 0.05) is 45.5 Å². The lowest BCUT2D eigenvalue weighted by molar-refractivity contribution is 1.16. The Kier molecular flexibility index (Phi) is 5.11. The van der Waals surface area contributed by atoms with Crippen molar-refractivity contribution in [1.82, 2.24) is 14.5 Å². The molecule has 7 rings (SSSR count). The molecule has 0 bridgehead atoms. The minimum absolute atomic E-state index is 0.721. The topological polar surface area (TPSA) is 30.7 Å². The van der Waals surface area contributed by atoms with Gasteiger partial charge in [-0.05, 0) is 29.3 Å². The van der Waals surface area contributed by atoms with Crippen molar-refractivity contribution in [3.8, 4) is 39.3 Å². The third-order valence-electron chi connectivity index (χ3n) is 6.92. The van der Waals surface area contributed by atoms with Crippen molar-refractivity contribution in [3.63, 3.8) is 0 Å². The van der Waals surface area contributed by atoms with E-state index >= 15 is 0 Å². The van der Waals surface area contributed by atoms with Crippen LogP contribution in [0.4, 0.5) is 0 Å². The summed E-state index contributed by atoms with van der Waals surface area (Å²) < 4.78 is 2.34. The van der Waals surface area contributed by atoms with E-state index in [-0.39, 0.29) is 0 Å². The molecule has 0 aliphatic heterocycles.